The maximum atomic E-state index is 7.09. The Kier molecular flexibility index (Phi) is 44.4. The van der Waals surface area contributed by atoms with Crippen LogP contribution in [0, 0.1) is 0 Å². The summed E-state index contributed by atoms with van der Waals surface area (Å²) in [5.41, 5.74) is -2.01. The number of rotatable bonds is 41. The molecule has 0 aliphatic heterocycles. The van der Waals surface area contributed by atoms with Gasteiger partial charge < -0.3 is 0 Å². The molecule has 0 fully saturated rings. The van der Waals surface area contributed by atoms with Gasteiger partial charge in [0.2, 0.25) is 0 Å². The van der Waals surface area contributed by atoms with Gasteiger partial charge in [-0.3, -0.25) is 0 Å². The van der Waals surface area contributed by atoms with Crippen molar-refractivity contribution in [2.45, 2.75) is 5.62 Å². The zero-order valence-electron chi connectivity index (χ0n) is 49.1. The molecule has 0 saturated heterocycles. The lowest BCUT2D eigenvalue weighted by Crippen LogP contribution is -2.95. The molecule has 0 N–H and O–H groups in total. The van der Waals surface area contributed by atoms with Crippen molar-refractivity contribution in [2.75, 3.05) is 0 Å². The minimum Gasteiger partial charge on any atom is -0.146 e. The molecule has 0 aliphatic carbocycles. The minimum absolute atomic E-state index is 1.07. The van der Waals surface area contributed by atoms with Crippen molar-refractivity contribution in [2.24, 2.45) is 0 Å². The van der Waals surface area contributed by atoms with E-state index in [1.807, 2.05) is 0 Å². The van der Waals surface area contributed by atoms with Crippen LogP contribution in [0.2, 0.25) is 5.62 Å². The van der Waals surface area contributed by atoms with E-state index >= 15 is 0 Å². The maximum absolute atomic E-state index is 7.09. The maximum Gasteiger partial charge on any atom is 0.0294 e. The van der Waals surface area contributed by atoms with Gasteiger partial charge in [0.1, 0.15) is 0 Å². The fraction of sp³-hybridized carbons (Fsp3) is 1.00. The molecule has 0 aromatic heterocycles. The Balaban J connectivity index is 13.2. The fourth-order valence-corrected chi connectivity index (χ4v) is 15.1. The van der Waals surface area contributed by atoms with Crippen molar-refractivity contribution >= 4 is 595 Å². The Labute approximate surface area is 595 Å². The Morgan fingerprint density at radius 1 is 0.141 bits per heavy atom. The molecule has 84 heteroatoms. The van der Waals surface area contributed by atoms with Crippen LogP contribution in [0.4, 0.5) is 0 Å². The Morgan fingerprint density at radius 2 is 0.259 bits per heavy atom. The molecular weight excluding hydrogens is 920 g/mol. The molecule has 0 atom stereocenters. The van der Waals surface area contributed by atoms with E-state index in [0.29, 0.717) is 0 Å². The van der Waals surface area contributed by atoms with Gasteiger partial charge in [-0.1, -0.05) is 0 Å². The van der Waals surface area contributed by atoms with Crippen molar-refractivity contribution in [1.82, 2.24) is 0 Å². The normalized spacial score (nSPS) is 9.89. The lowest BCUT2D eigenvalue weighted by atomic mass is 8.27. The van der Waals surface area contributed by atoms with Crippen molar-refractivity contribution in [3.05, 3.63) is 0 Å². The highest BCUT2D eigenvalue weighted by atomic mass is 13.7. The zero-order valence-corrected chi connectivity index (χ0v) is 49.1. The predicted molar refractivity (Wildman–Crippen MR) is 487 cm³/mol. The summed E-state index contributed by atoms with van der Waals surface area (Å²) in [7, 11) is 299. The molecule has 0 aromatic carbocycles. The van der Waals surface area contributed by atoms with E-state index in [9.17, 15) is 0 Å². The van der Waals surface area contributed by atoms with Crippen molar-refractivity contribution < 1.29 is 0 Å². The SMILES string of the molecule is [B][B]B(B([B])[B])B(B(B([B])[B])B([B])[B])B(B(B([B])[B])B([B])[B])C(B(B(B(B([B])[B])B([B])[B])B(B([B])[B])B([B])[B])B(B(B([B])[B])B([B])[B])B(B([B])[B])B([B])[B])B(B(B(B([B])[B])B([B])[B])B(B([B])[B])B([B])[B])B(B(B([B])[B])B([B])[B])B(B([B])[B])B([B])[B]. The van der Waals surface area contributed by atoms with Crippen LogP contribution in [-0.2, 0) is 0 Å². The van der Waals surface area contributed by atoms with Gasteiger partial charge in [-0.2, -0.15) is 0 Å². The molecule has 0 saturated carbocycles. The van der Waals surface area contributed by atoms with Gasteiger partial charge in [-0.25, -0.2) is 0 Å². The van der Waals surface area contributed by atoms with E-state index in [4.69, 9.17) is 333 Å². The second kappa shape index (κ2) is 41.8. The second-order valence-electron chi connectivity index (χ2n) is 23.9. The zero-order chi connectivity index (χ0) is 67.4. The summed E-state index contributed by atoms with van der Waals surface area (Å²) in [6, 6.07) is 0. The average molecular weight is 921 g/mol. The summed E-state index contributed by atoms with van der Waals surface area (Å²) in [5, 5.41) is 0. The molecule has 0 rings (SSSR count). The summed E-state index contributed by atoms with van der Waals surface area (Å²) in [6.45, 7) is -5.74. The predicted octanol–water partition coefficient (Wildman–Crippen LogP) is -31.6. The van der Waals surface area contributed by atoms with Crippen LogP contribution in [0.25, 0.3) is 0 Å². The summed E-state index contributed by atoms with van der Waals surface area (Å²) in [5.74, 6) is 0. The second-order valence-corrected chi connectivity index (χ2v) is 23.9. The van der Waals surface area contributed by atoms with Gasteiger partial charge in [0.15, 0.2) is 0 Å². The molecule has 0 amide bonds. The highest BCUT2D eigenvalue weighted by Gasteiger charge is 2.66. The monoisotopic (exact) mass is 938 g/mol. The van der Waals surface area contributed by atoms with Gasteiger partial charge in [0, 0.05) is 595 Å². The van der Waals surface area contributed by atoms with Gasteiger partial charge in [0.25, 0.3) is 0 Å². The van der Waals surface area contributed by atoms with Gasteiger partial charge >= 0.3 is 0 Å². The summed E-state index contributed by atoms with van der Waals surface area (Å²) in [4.78, 5) is 0. The third kappa shape index (κ3) is 24.4. The van der Waals surface area contributed by atoms with E-state index in [0.717, 1.165) is 7.06 Å². The van der Waals surface area contributed by atoms with Crippen molar-refractivity contribution in [3.63, 3.8) is 0 Å². The first kappa shape index (κ1) is 90.5. The minimum atomic E-state index is -2.01. The number of hydrogen-bond acceptors (Lipinski definition) is 0. The summed E-state index contributed by atoms with van der Waals surface area (Å²) in [6.07, 6.45) is -62.7. The lowest BCUT2D eigenvalue weighted by molar-refractivity contribution is 1.80. The van der Waals surface area contributed by atoms with Crippen molar-refractivity contribution in [3.8, 4) is 0 Å². The smallest absolute Gasteiger partial charge is 0.0294 e. The van der Waals surface area contributed by atoms with E-state index in [1.54, 1.807) is 0 Å². The first-order valence-electron chi connectivity index (χ1n) is 28.0. The van der Waals surface area contributed by atoms with Crippen LogP contribution in [-0.4, -0.2) is 595 Å². The largest absolute Gasteiger partial charge is 0.146 e. The molecule has 0 unspecified atom stereocenters. The van der Waals surface area contributed by atoms with Crippen LogP contribution < -0.4 is 0 Å². The first-order chi connectivity index (χ1) is 38.7. The Bertz CT molecular complexity index is 1350. The average Bonchev–Trinajstić information content (AvgIpc) is 3.27. The van der Waals surface area contributed by atoms with Crippen LogP contribution in [0.15, 0.2) is 0 Å². The molecule has 87 radical (unpaired) electrons. The molecule has 0 aromatic rings. The molecule has 0 nitrogen and oxygen atoms in total. The van der Waals surface area contributed by atoms with Crippen molar-refractivity contribution in [1.29, 1.82) is 0 Å². The topological polar surface area (TPSA) is 0 Å². The highest BCUT2D eigenvalue weighted by molar-refractivity contribution is 8.31. The fourth-order valence-electron chi connectivity index (χ4n) is 15.1. The summed E-state index contributed by atoms with van der Waals surface area (Å²) >= 11 is 0. The van der Waals surface area contributed by atoms with Gasteiger partial charge in [-0.15, -0.1) is 5.62 Å². The molecule has 257 valence electrons. The van der Waals surface area contributed by atoms with Crippen LogP contribution in [0.1, 0.15) is 0 Å². The summed E-state index contributed by atoms with van der Waals surface area (Å²) < 4.78 is 0. The molecule has 0 aliphatic rings. The quantitative estimate of drug-likeness (QED) is 0.0536. The first-order valence-corrected chi connectivity index (χ1v) is 28.0. The molecule has 0 heterocycles. The van der Waals surface area contributed by atoms with E-state index in [1.165, 1.54) is 0 Å². The molecule has 85 heavy (non-hydrogen) atoms. The third-order valence-corrected chi connectivity index (χ3v) is 18.0. The number of hydrogen-bond donors (Lipinski definition) is 0. The van der Waals surface area contributed by atoms with Crippen LogP contribution in [0.3, 0.4) is 0 Å². The van der Waals surface area contributed by atoms with E-state index < -0.39 is 261 Å². The standard InChI is InChI=1S/CHB84/c2-45-70(49(3)4)72(77(52(9)10)53(11)12)46(71(50(5)6)51(7)8)1(47(73(78(54(13)14)55(15)16)79(56(17)18)57(19)20)74(80(58(21)22)59(23)24)81(60(25)26)61(27)28)48(75(82(62(29)30)63(31)32)83(64(33)34)65(35)36)76(84(66(37)38)67(39)40)85(68(41)42)69(43)44/h1H. The van der Waals surface area contributed by atoms with E-state index in [2.05, 4.69) is 0 Å². The van der Waals surface area contributed by atoms with Gasteiger partial charge in [0.05, 0.1) is 0 Å². The van der Waals surface area contributed by atoms with Gasteiger partial charge in [-0.05, 0) is 0 Å². The lowest BCUT2D eigenvalue weighted by Gasteiger charge is -2.62. The molecule has 0 bridgehead atoms. The molecule has 0 spiro atoms. The van der Waals surface area contributed by atoms with Crippen LogP contribution in [0.5, 0.6) is 0 Å². The molecular formula is CHB84. The van der Waals surface area contributed by atoms with E-state index in [-0.39, 0.29) is 0 Å². The third-order valence-electron chi connectivity index (χ3n) is 18.0. The Morgan fingerprint density at radius 3 is 0.365 bits per heavy atom. The Hall–Kier alpha value is 5.45. The highest BCUT2D eigenvalue weighted by Crippen LogP contribution is 2.36. The van der Waals surface area contributed by atoms with Crippen LogP contribution >= 0.6 is 0 Å².